The Morgan fingerprint density at radius 1 is 1.12 bits per heavy atom. The maximum Gasteiger partial charge on any atom is 0.259 e. The van der Waals surface area contributed by atoms with Gasteiger partial charge in [-0.1, -0.05) is 0 Å². The number of nitrogens with one attached hydrogen (secondary N) is 1. The molecule has 1 saturated heterocycles. The van der Waals surface area contributed by atoms with Gasteiger partial charge in [-0.3, -0.25) is 4.79 Å². The molecule has 3 rings (SSSR count). The summed E-state index contributed by atoms with van der Waals surface area (Å²) in [4.78, 5) is 12.2. The van der Waals surface area contributed by atoms with Crippen molar-refractivity contribution in [2.24, 2.45) is 0 Å². The Hall–Kier alpha value is -2.49. The number of hydrogen-bond donors (Lipinski definition) is 2. The quantitative estimate of drug-likeness (QED) is 0.843. The highest BCUT2D eigenvalue weighted by Gasteiger charge is 2.26. The second-order valence-electron chi connectivity index (χ2n) is 5.66. The highest BCUT2D eigenvalue weighted by atomic mass is 32.2. The molecular weight excluding hydrogens is 363 g/mol. The number of halogens is 1. The molecule has 1 aliphatic heterocycles. The summed E-state index contributed by atoms with van der Waals surface area (Å²) in [6.45, 7) is 1.29. The van der Waals surface area contributed by atoms with Crippen LogP contribution in [-0.2, 0) is 14.8 Å². The summed E-state index contributed by atoms with van der Waals surface area (Å²) in [6, 6.07) is 8.67. The van der Waals surface area contributed by atoms with E-state index in [1.165, 1.54) is 28.6 Å². The molecule has 1 heterocycles. The molecule has 7 nitrogen and oxygen atoms in total. The average Bonchev–Trinajstić information content (AvgIpc) is 2.65. The maximum absolute atomic E-state index is 13.2. The molecular formula is C17H17FN2O5S. The van der Waals surface area contributed by atoms with Crippen LogP contribution >= 0.6 is 0 Å². The van der Waals surface area contributed by atoms with Gasteiger partial charge in [0.25, 0.3) is 5.91 Å². The zero-order chi connectivity index (χ0) is 18.7. The van der Waals surface area contributed by atoms with E-state index in [-0.39, 0.29) is 16.2 Å². The lowest BCUT2D eigenvalue weighted by Gasteiger charge is -2.26. The van der Waals surface area contributed by atoms with E-state index >= 15 is 0 Å². The largest absolute Gasteiger partial charge is 0.507 e. The van der Waals surface area contributed by atoms with Crippen LogP contribution in [0.2, 0.25) is 0 Å². The van der Waals surface area contributed by atoms with Crippen LogP contribution < -0.4 is 5.32 Å². The number of phenolic OH excluding ortho intramolecular Hbond substituents is 1. The van der Waals surface area contributed by atoms with Crippen LogP contribution in [0.3, 0.4) is 0 Å². The molecule has 1 amide bonds. The Morgan fingerprint density at radius 2 is 1.77 bits per heavy atom. The number of aromatic hydroxyl groups is 1. The van der Waals surface area contributed by atoms with Crippen molar-refractivity contribution in [3.8, 4) is 5.75 Å². The minimum atomic E-state index is -3.62. The molecule has 9 heteroatoms. The fourth-order valence-electron chi connectivity index (χ4n) is 2.53. The first-order valence-corrected chi connectivity index (χ1v) is 9.30. The van der Waals surface area contributed by atoms with E-state index in [1.54, 1.807) is 0 Å². The molecule has 138 valence electrons. The number of rotatable bonds is 4. The molecule has 0 unspecified atom stereocenters. The Bertz CT molecular complexity index is 909. The zero-order valence-corrected chi connectivity index (χ0v) is 14.5. The van der Waals surface area contributed by atoms with Crippen LogP contribution in [0.4, 0.5) is 10.1 Å². The number of morpholine rings is 1. The molecule has 0 aliphatic carbocycles. The van der Waals surface area contributed by atoms with Gasteiger partial charge in [0.15, 0.2) is 0 Å². The third-order valence-corrected chi connectivity index (χ3v) is 5.84. The minimum Gasteiger partial charge on any atom is -0.507 e. The van der Waals surface area contributed by atoms with E-state index in [4.69, 9.17) is 4.74 Å². The predicted octanol–water partition coefficient (Wildman–Crippen LogP) is 1.80. The topological polar surface area (TPSA) is 95.9 Å². The van der Waals surface area contributed by atoms with Gasteiger partial charge >= 0.3 is 0 Å². The molecule has 26 heavy (non-hydrogen) atoms. The Kier molecular flexibility index (Phi) is 5.21. The van der Waals surface area contributed by atoms with Gasteiger partial charge in [0, 0.05) is 18.8 Å². The second kappa shape index (κ2) is 7.40. The van der Waals surface area contributed by atoms with Crippen LogP contribution in [0, 0.1) is 5.82 Å². The lowest BCUT2D eigenvalue weighted by Crippen LogP contribution is -2.40. The average molecular weight is 380 g/mol. The SMILES string of the molecule is O=C(Nc1ccc(S(=O)(=O)N2CCOCC2)cc1)c1cc(F)ccc1O. The van der Waals surface area contributed by atoms with Gasteiger partial charge < -0.3 is 15.2 Å². The first-order chi connectivity index (χ1) is 12.4. The van der Waals surface area contributed by atoms with Crippen LogP contribution in [0.1, 0.15) is 10.4 Å². The van der Waals surface area contributed by atoms with Crippen molar-refractivity contribution < 1.29 is 27.4 Å². The second-order valence-corrected chi connectivity index (χ2v) is 7.59. The number of phenols is 1. The number of amides is 1. The van der Waals surface area contributed by atoms with Crippen molar-refractivity contribution in [1.29, 1.82) is 0 Å². The van der Waals surface area contributed by atoms with Gasteiger partial charge in [-0.15, -0.1) is 0 Å². The number of benzene rings is 2. The van der Waals surface area contributed by atoms with E-state index < -0.39 is 21.7 Å². The lowest BCUT2D eigenvalue weighted by atomic mass is 10.1. The standard InChI is InChI=1S/C17H17FN2O5S/c18-12-1-6-16(21)15(11-12)17(22)19-13-2-4-14(5-3-13)26(23,24)20-7-9-25-10-8-20/h1-6,11,21H,7-10H2,(H,19,22). The van der Waals surface area contributed by atoms with Crippen LogP contribution in [0.5, 0.6) is 5.75 Å². The van der Waals surface area contributed by atoms with Gasteiger partial charge in [-0.25, -0.2) is 12.8 Å². The summed E-state index contributed by atoms with van der Waals surface area (Å²) in [5.74, 6) is -1.71. The summed E-state index contributed by atoms with van der Waals surface area (Å²) in [7, 11) is -3.62. The Labute approximate surface area is 150 Å². The van der Waals surface area contributed by atoms with E-state index in [0.29, 0.717) is 32.0 Å². The summed E-state index contributed by atoms with van der Waals surface area (Å²) >= 11 is 0. The molecule has 0 saturated carbocycles. The summed E-state index contributed by atoms with van der Waals surface area (Å²) < 4.78 is 44.8. The van der Waals surface area contributed by atoms with Crippen LogP contribution in [-0.4, -0.2) is 50.0 Å². The number of ether oxygens (including phenoxy) is 1. The Morgan fingerprint density at radius 3 is 2.42 bits per heavy atom. The lowest BCUT2D eigenvalue weighted by molar-refractivity contribution is 0.0730. The predicted molar refractivity (Wildman–Crippen MR) is 92.0 cm³/mol. The van der Waals surface area contributed by atoms with Crippen LogP contribution in [0.25, 0.3) is 0 Å². The Balaban J connectivity index is 1.75. The molecule has 0 radical (unpaired) electrons. The molecule has 0 atom stereocenters. The minimum absolute atomic E-state index is 0.103. The highest BCUT2D eigenvalue weighted by molar-refractivity contribution is 7.89. The fourth-order valence-corrected chi connectivity index (χ4v) is 3.94. The number of carbonyl (C=O) groups is 1. The van der Waals surface area contributed by atoms with Crippen molar-refractivity contribution >= 4 is 21.6 Å². The first-order valence-electron chi connectivity index (χ1n) is 7.86. The van der Waals surface area contributed by atoms with Gasteiger partial charge in [-0.05, 0) is 42.5 Å². The number of carbonyl (C=O) groups excluding carboxylic acids is 1. The number of nitrogens with zero attached hydrogens (tertiary/aromatic N) is 1. The summed E-state index contributed by atoms with van der Waals surface area (Å²) in [5, 5.41) is 12.1. The molecule has 2 aromatic carbocycles. The van der Waals surface area contributed by atoms with Crippen molar-refractivity contribution in [3.05, 3.63) is 53.8 Å². The molecule has 1 aliphatic rings. The van der Waals surface area contributed by atoms with Gasteiger partial charge in [0.2, 0.25) is 10.0 Å². The monoisotopic (exact) mass is 380 g/mol. The summed E-state index contributed by atoms with van der Waals surface area (Å²) in [6.07, 6.45) is 0. The molecule has 2 N–H and O–H groups in total. The normalized spacial score (nSPS) is 15.6. The number of sulfonamides is 1. The third-order valence-electron chi connectivity index (χ3n) is 3.92. The van der Waals surface area contributed by atoms with Crippen LogP contribution in [0.15, 0.2) is 47.4 Å². The third kappa shape index (κ3) is 3.85. The number of anilines is 1. The zero-order valence-electron chi connectivity index (χ0n) is 13.7. The van der Waals surface area contributed by atoms with Gasteiger partial charge in [0.1, 0.15) is 11.6 Å². The van der Waals surface area contributed by atoms with Crippen molar-refractivity contribution in [2.45, 2.75) is 4.90 Å². The fraction of sp³-hybridized carbons (Fsp3) is 0.235. The van der Waals surface area contributed by atoms with Crippen molar-refractivity contribution in [3.63, 3.8) is 0 Å². The van der Waals surface area contributed by atoms with Crippen molar-refractivity contribution in [2.75, 3.05) is 31.6 Å². The van der Waals surface area contributed by atoms with E-state index in [1.807, 2.05) is 0 Å². The van der Waals surface area contributed by atoms with E-state index in [0.717, 1.165) is 18.2 Å². The molecule has 0 aromatic heterocycles. The van der Waals surface area contributed by atoms with E-state index in [2.05, 4.69) is 5.32 Å². The summed E-state index contributed by atoms with van der Waals surface area (Å²) in [5.41, 5.74) is 0.106. The highest BCUT2D eigenvalue weighted by Crippen LogP contribution is 2.22. The molecule has 0 spiro atoms. The molecule has 2 aromatic rings. The molecule has 1 fully saturated rings. The van der Waals surface area contributed by atoms with Gasteiger partial charge in [0.05, 0.1) is 23.7 Å². The number of hydrogen-bond acceptors (Lipinski definition) is 5. The van der Waals surface area contributed by atoms with Gasteiger partial charge in [-0.2, -0.15) is 4.31 Å². The smallest absolute Gasteiger partial charge is 0.259 e. The first kappa shape index (κ1) is 18.3. The molecule has 0 bridgehead atoms. The van der Waals surface area contributed by atoms with Crippen molar-refractivity contribution in [1.82, 2.24) is 4.31 Å². The maximum atomic E-state index is 13.2. The van der Waals surface area contributed by atoms with E-state index in [9.17, 15) is 22.7 Å².